The molecule has 0 aliphatic heterocycles. The highest BCUT2D eigenvalue weighted by atomic mass is 32.1. The highest BCUT2D eigenvalue weighted by Crippen LogP contribution is 2.30. The maximum Gasteiger partial charge on any atom is 0.270 e. The molecule has 3 aromatic rings. The predicted octanol–water partition coefficient (Wildman–Crippen LogP) is 5.06. The molecule has 0 saturated heterocycles. The van der Waals surface area contributed by atoms with E-state index in [4.69, 9.17) is 0 Å². The van der Waals surface area contributed by atoms with Crippen molar-refractivity contribution < 1.29 is 13.6 Å². The lowest BCUT2D eigenvalue weighted by Gasteiger charge is -2.20. The minimum atomic E-state index is -0.347. The number of hydrogen-bond donors (Lipinski definition) is 0. The fraction of sp³-hybridized carbons (Fsp3) is 0.158. The molecule has 0 spiro atoms. The topological polar surface area (TPSA) is 33.2 Å². The van der Waals surface area contributed by atoms with Gasteiger partial charge in [0.15, 0.2) is 0 Å². The van der Waals surface area contributed by atoms with Crippen molar-refractivity contribution in [1.82, 2.24) is 4.98 Å². The molecular formula is C19H16F2N2OS. The Morgan fingerprint density at radius 1 is 1.04 bits per heavy atom. The predicted molar refractivity (Wildman–Crippen MR) is 96.0 cm³/mol. The van der Waals surface area contributed by atoms with Gasteiger partial charge in [-0.1, -0.05) is 0 Å². The summed E-state index contributed by atoms with van der Waals surface area (Å²) in [6.45, 7) is 4.08. The molecule has 0 N–H and O–H groups in total. The van der Waals surface area contributed by atoms with Gasteiger partial charge >= 0.3 is 0 Å². The number of carbonyl (C=O) groups is 1. The zero-order valence-electron chi connectivity index (χ0n) is 13.8. The van der Waals surface area contributed by atoms with Crippen molar-refractivity contribution in [3.05, 3.63) is 70.7 Å². The monoisotopic (exact) mass is 358 g/mol. The molecule has 3 rings (SSSR count). The number of carbonyl (C=O) groups excluding carboxylic acids is 1. The molecule has 0 atom stereocenters. The van der Waals surface area contributed by atoms with Crippen molar-refractivity contribution in [3.63, 3.8) is 0 Å². The van der Waals surface area contributed by atoms with Gasteiger partial charge in [-0.2, -0.15) is 0 Å². The Bertz CT molecular complexity index is 889. The smallest absolute Gasteiger partial charge is 0.270 e. The molecule has 25 heavy (non-hydrogen) atoms. The minimum absolute atomic E-state index is 0.183. The molecule has 0 aliphatic carbocycles. The molecule has 0 aliphatic rings. The number of aryl methyl sites for hydroxylation is 1. The fourth-order valence-electron chi connectivity index (χ4n) is 2.50. The lowest BCUT2D eigenvalue weighted by Crippen LogP contribution is -2.30. The summed E-state index contributed by atoms with van der Waals surface area (Å²) in [5.41, 5.74) is 2.01. The van der Waals surface area contributed by atoms with Crippen molar-refractivity contribution in [2.75, 3.05) is 11.4 Å². The van der Waals surface area contributed by atoms with Crippen molar-refractivity contribution in [3.8, 4) is 10.6 Å². The summed E-state index contributed by atoms with van der Waals surface area (Å²) < 4.78 is 26.2. The second kappa shape index (κ2) is 7.11. The van der Waals surface area contributed by atoms with Gasteiger partial charge in [-0.15, -0.1) is 11.3 Å². The molecule has 3 nitrogen and oxygen atoms in total. The molecule has 1 heterocycles. The average molecular weight is 358 g/mol. The van der Waals surface area contributed by atoms with Crippen LogP contribution >= 0.6 is 11.3 Å². The van der Waals surface area contributed by atoms with E-state index >= 15 is 0 Å². The molecule has 2 aromatic carbocycles. The molecule has 0 unspecified atom stereocenters. The SMILES string of the molecule is CCN(C(=O)c1sc(-c2ccc(F)cc2)nc1C)c1ccc(F)cc1. The van der Waals surface area contributed by atoms with Crippen LogP contribution in [0.15, 0.2) is 48.5 Å². The van der Waals surface area contributed by atoms with Crippen LogP contribution in [0, 0.1) is 18.6 Å². The lowest BCUT2D eigenvalue weighted by atomic mass is 10.2. The normalized spacial score (nSPS) is 10.7. The van der Waals surface area contributed by atoms with Crippen LogP contribution in [0.3, 0.4) is 0 Å². The molecule has 0 radical (unpaired) electrons. The number of rotatable bonds is 4. The van der Waals surface area contributed by atoms with E-state index in [1.807, 2.05) is 6.92 Å². The largest absolute Gasteiger partial charge is 0.308 e. The standard InChI is InChI=1S/C19H16F2N2OS/c1-3-23(16-10-8-15(21)9-11-16)19(24)17-12(2)22-18(25-17)13-4-6-14(20)7-5-13/h4-11H,3H2,1-2H3. The van der Waals surface area contributed by atoms with E-state index in [9.17, 15) is 13.6 Å². The van der Waals surface area contributed by atoms with E-state index < -0.39 is 0 Å². The Kier molecular flexibility index (Phi) is 4.90. The van der Waals surface area contributed by atoms with E-state index in [-0.39, 0.29) is 17.5 Å². The van der Waals surface area contributed by atoms with Gasteiger partial charge in [0.1, 0.15) is 21.5 Å². The fourth-order valence-corrected chi connectivity index (χ4v) is 3.52. The second-order valence-corrected chi connectivity index (χ2v) is 6.47. The Hall–Kier alpha value is -2.60. The molecular weight excluding hydrogens is 342 g/mol. The zero-order chi connectivity index (χ0) is 18.0. The van der Waals surface area contributed by atoms with Crippen molar-refractivity contribution >= 4 is 22.9 Å². The third kappa shape index (κ3) is 3.58. The lowest BCUT2D eigenvalue weighted by molar-refractivity contribution is 0.0991. The highest BCUT2D eigenvalue weighted by molar-refractivity contribution is 7.17. The summed E-state index contributed by atoms with van der Waals surface area (Å²) in [7, 11) is 0. The van der Waals surface area contributed by atoms with E-state index in [2.05, 4.69) is 4.98 Å². The first kappa shape index (κ1) is 17.2. The summed E-state index contributed by atoms with van der Waals surface area (Å²) in [5, 5.41) is 0.663. The summed E-state index contributed by atoms with van der Waals surface area (Å²) in [5.74, 6) is -0.848. The number of hydrogen-bond acceptors (Lipinski definition) is 3. The van der Waals surface area contributed by atoms with Gasteiger partial charge in [0, 0.05) is 17.8 Å². The Balaban J connectivity index is 1.93. The van der Waals surface area contributed by atoms with Gasteiger partial charge in [-0.25, -0.2) is 13.8 Å². The van der Waals surface area contributed by atoms with Crippen LogP contribution in [0.5, 0.6) is 0 Å². The van der Waals surface area contributed by atoms with Crippen LogP contribution in [0.25, 0.3) is 10.6 Å². The first-order chi connectivity index (χ1) is 12.0. The molecule has 6 heteroatoms. The minimum Gasteiger partial charge on any atom is -0.308 e. The zero-order valence-corrected chi connectivity index (χ0v) is 14.6. The average Bonchev–Trinajstić information content (AvgIpc) is 2.99. The summed E-state index contributed by atoms with van der Waals surface area (Å²) in [6, 6.07) is 11.8. The van der Waals surface area contributed by atoms with Crippen LogP contribution in [-0.2, 0) is 0 Å². The third-order valence-corrected chi connectivity index (χ3v) is 4.98. The van der Waals surface area contributed by atoms with Gasteiger partial charge in [-0.05, 0) is 62.4 Å². The number of thiazole rings is 1. The van der Waals surface area contributed by atoms with E-state index in [0.717, 1.165) is 5.56 Å². The van der Waals surface area contributed by atoms with E-state index in [1.54, 1.807) is 36.1 Å². The third-order valence-electron chi connectivity index (χ3n) is 3.78. The Morgan fingerprint density at radius 3 is 2.16 bits per heavy atom. The van der Waals surface area contributed by atoms with Crippen LogP contribution in [0.2, 0.25) is 0 Å². The van der Waals surface area contributed by atoms with Crippen molar-refractivity contribution in [2.24, 2.45) is 0 Å². The molecule has 1 amide bonds. The molecule has 0 saturated carbocycles. The van der Waals surface area contributed by atoms with E-state index in [0.29, 0.717) is 27.8 Å². The second-order valence-electron chi connectivity index (χ2n) is 5.47. The number of halogens is 2. The number of aromatic nitrogens is 1. The van der Waals surface area contributed by atoms with E-state index in [1.165, 1.54) is 35.6 Å². The number of anilines is 1. The molecule has 0 fully saturated rings. The molecule has 0 bridgehead atoms. The number of amides is 1. The van der Waals surface area contributed by atoms with Crippen LogP contribution < -0.4 is 4.90 Å². The number of nitrogens with zero attached hydrogens (tertiary/aromatic N) is 2. The summed E-state index contributed by atoms with van der Waals surface area (Å²) in [6.07, 6.45) is 0. The quantitative estimate of drug-likeness (QED) is 0.653. The Morgan fingerprint density at radius 2 is 1.60 bits per heavy atom. The van der Waals surface area contributed by atoms with Gasteiger partial charge in [0.05, 0.1) is 5.69 Å². The van der Waals surface area contributed by atoms with Crippen LogP contribution in [-0.4, -0.2) is 17.4 Å². The van der Waals surface area contributed by atoms with Gasteiger partial charge < -0.3 is 4.90 Å². The van der Waals surface area contributed by atoms with Crippen LogP contribution in [0.1, 0.15) is 22.3 Å². The first-order valence-corrected chi connectivity index (χ1v) is 8.62. The summed E-state index contributed by atoms with van der Waals surface area (Å²) >= 11 is 1.27. The number of benzene rings is 2. The maximum absolute atomic E-state index is 13.1. The van der Waals surface area contributed by atoms with Crippen molar-refractivity contribution in [1.29, 1.82) is 0 Å². The highest BCUT2D eigenvalue weighted by Gasteiger charge is 2.22. The molecule has 1 aromatic heterocycles. The van der Waals surface area contributed by atoms with Gasteiger partial charge in [-0.3, -0.25) is 4.79 Å². The maximum atomic E-state index is 13.1. The van der Waals surface area contributed by atoms with Crippen molar-refractivity contribution in [2.45, 2.75) is 13.8 Å². The molecule has 128 valence electrons. The van der Waals surface area contributed by atoms with Crippen LogP contribution in [0.4, 0.5) is 14.5 Å². The first-order valence-electron chi connectivity index (χ1n) is 7.80. The summed E-state index contributed by atoms with van der Waals surface area (Å²) in [4.78, 5) is 19.5. The van der Waals surface area contributed by atoms with Gasteiger partial charge in [0.2, 0.25) is 0 Å². The Labute approximate surface area is 148 Å². The van der Waals surface area contributed by atoms with Gasteiger partial charge in [0.25, 0.3) is 5.91 Å².